The van der Waals surface area contributed by atoms with Crippen molar-refractivity contribution in [1.29, 1.82) is 0 Å². The number of halogens is 2. The Morgan fingerprint density at radius 3 is 2.39 bits per heavy atom. The molecule has 2 heterocycles. The fourth-order valence-electron chi connectivity index (χ4n) is 3.96. The predicted molar refractivity (Wildman–Crippen MR) is 98.4 cm³/mol. The molecule has 3 rings (SSSR count). The minimum absolute atomic E-state index is 0.000579. The van der Waals surface area contributed by atoms with Gasteiger partial charge in [-0.1, -0.05) is 0 Å². The zero-order chi connectivity index (χ0) is 20.4. The summed E-state index contributed by atoms with van der Waals surface area (Å²) in [4.78, 5) is 40.6. The first-order valence-electron chi connectivity index (χ1n) is 9.63. The number of nitrogens with zero attached hydrogens (tertiary/aromatic N) is 2. The first kappa shape index (κ1) is 20.2. The van der Waals surface area contributed by atoms with E-state index in [-0.39, 0.29) is 35.4 Å². The summed E-state index contributed by atoms with van der Waals surface area (Å²) in [7, 11) is 0. The van der Waals surface area contributed by atoms with E-state index in [1.165, 1.54) is 6.07 Å². The van der Waals surface area contributed by atoms with E-state index in [0.717, 1.165) is 12.1 Å². The molecular formula is C20H25F2N3O3. The van der Waals surface area contributed by atoms with Gasteiger partial charge in [-0.2, -0.15) is 0 Å². The monoisotopic (exact) mass is 393 g/mol. The number of carbonyl (C=O) groups is 3. The first-order valence-corrected chi connectivity index (χ1v) is 9.63. The molecule has 3 amide bonds. The summed E-state index contributed by atoms with van der Waals surface area (Å²) in [5.41, 5.74) is 0.101. The normalized spacial score (nSPS) is 20.8. The number of piperidine rings is 1. The maximum absolute atomic E-state index is 13.4. The molecule has 6 nitrogen and oxygen atoms in total. The third-order valence-corrected chi connectivity index (χ3v) is 5.30. The zero-order valence-electron chi connectivity index (χ0n) is 16.1. The molecule has 2 fully saturated rings. The molecule has 2 aliphatic rings. The molecule has 8 heteroatoms. The molecule has 28 heavy (non-hydrogen) atoms. The van der Waals surface area contributed by atoms with Crippen molar-refractivity contribution in [3.63, 3.8) is 0 Å². The number of likely N-dealkylation sites (tertiary alicyclic amines) is 2. The molecule has 2 aliphatic heterocycles. The highest BCUT2D eigenvalue weighted by Gasteiger charge is 2.41. The lowest BCUT2D eigenvalue weighted by molar-refractivity contribution is -0.138. The SMILES string of the molecule is CC(C)NC(=O)C1CCC(=O)N1C1CCN(C(=O)c2ccc(F)c(F)c2)CC1. The summed E-state index contributed by atoms with van der Waals surface area (Å²) in [5.74, 6) is -2.58. The third-order valence-electron chi connectivity index (χ3n) is 5.30. The summed E-state index contributed by atoms with van der Waals surface area (Å²) in [6, 6.07) is 2.54. The number of amides is 3. The highest BCUT2D eigenvalue weighted by molar-refractivity contribution is 5.94. The van der Waals surface area contributed by atoms with Crippen LogP contribution < -0.4 is 5.32 Å². The number of nitrogens with one attached hydrogen (secondary N) is 1. The molecule has 0 radical (unpaired) electrons. The van der Waals surface area contributed by atoms with E-state index in [9.17, 15) is 23.2 Å². The average Bonchev–Trinajstić information content (AvgIpc) is 3.04. The van der Waals surface area contributed by atoms with Crippen LogP contribution in [0.2, 0.25) is 0 Å². The van der Waals surface area contributed by atoms with Crippen LogP contribution in [0.3, 0.4) is 0 Å². The Morgan fingerprint density at radius 1 is 1.11 bits per heavy atom. The van der Waals surface area contributed by atoms with Gasteiger partial charge in [-0.05, 0) is 51.3 Å². The Balaban J connectivity index is 1.63. The molecule has 2 saturated heterocycles. The van der Waals surface area contributed by atoms with Crippen molar-refractivity contribution in [3.05, 3.63) is 35.4 Å². The molecule has 1 aromatic carbocycles. The molecule has 1 N–H and O–H groups in total. The quantitative estimate of drug-likeness (QED) is 0.852. The minimum Gasteiger partial charge on any atom is -0.352 e. The molecule has 1 atom stereocenters. The largest absolute Gasteiger partial charge is 0.352 e. The number of hydrogen-bond donors (Lipinski definition) is 1. The number of benzene rings is 1. The molecule has 0 saturated carbocycles. The zero-order valence-corrected chi connectivity index (χ0v) is 16.1. The van der Waals surface area contributed by atoms with Gasteiger partial charge in [-0.15, -0.1) is 0 Å². The summed E-state index contributed by atoms with van der Waals surface area (Å²) in [5, 5.41) is 2.87. The lowest BCUT2D eigenvalue weighted by Gasteiger charge is -2.39. The van der Waals surface area contributed by atoms with Crippen molar-refractivity contribution in [1.82, 2.24) is 15.1 Å². The van der Waals surface area contributed by atoms with Crippen molar-refractivity contribution in [2.75, 3.05) is 13.1 Å². The highest BCUT2D eigenvalue weighted by Crippen LogP contribution is 2.28. The maximum atomic E-state index is 13.4. The van der Waals surface area contributed by atoms with E-state index in [2.05, 4.69) is 5.32 Å². The molecular weight excluding hydrogens is 368 g/mol. The van der Waals surface area contributed by atoms with Gasteiger partial charge in [0.2, 0.25) is 11.8 Å². The van der Waals surface area contributed by atoms with Crippen molar-refractivity contribution >= 4 is 17.7 Å². The van der Waals surface area contributed by atoms with E-state index in [4.69, 9.17) is 0 Å². The van der Waals surface area contributed by atoms with Crippen LogP contribution in [0.4, 0.5) is 8.78 Å². The summed E-state index contributed by atoms with van der Waals surface area (Å²) in [6.07, 6.45) is 1.95. The first-order chi connectivity index (χ1) is 13.3. The lowest BCUT2D eigenvalue weighted by atomic mass is 10.0. The number of hydrogen-bond acceptors (Lipinski definition) is 3. The van der Waals surface area contributed by atoms with Crippen molar-refractivity contribution in [2.24, 2.45) is 0 Å². The number of rotatable bonds is 4. The van der Waals surface area contributed by atoms with Crippen LogP contribution in [0, 0.1) is 11.6 Å². The average molecular weight is 393 g/mol. The summed E-state index contributed by atoms with van der Waals surface area (Å²) >= 11 is 0. The van der Waals surface area contributed by atoms with Crippen LogP contribution in [-0.4, -0.2) is 58.7 Å². The van der Waals surface area contributed by atoms with Gasteiger partial charge >= 0.3 is 0 Å². The van der Waals surface area contributed by atoms with E-state index in [0.29, 0.717) is 38.8 Å². The second kappa shape index (κ2) is 8.24. The van der Waals surface area contributed by atoms with Gasteiger partial charge in [0, 0.05) is 37.2 Å². The predicted octanol–water partition coefficient (Wildman–Crippen LogP) is 2.08. The third kappa shape index (κ3) is 4.15. The van der Waals surface area contributed by atoms with Crippen LogP contribution >= 0.6 is 0 Å². The summed E-state index contributed by atoms with van der Waals surface area (Å²) < 4.78 is 26.5. The van der Waals surface area contributed by atoms with Gasteiger partial charge in [0.25, 0.3) is 5.91 Å². The molecule has 152 valence electrons. The van der Waals surface area contributed by atoms with Crippen LogP contribution in [0.15, 0.2) is 18.2 Å². The fraction of sp³-hybridized carbons (Fsp3) is 0.550. The lowest BCUT2D eigenvalue weighted by Crippen LogP contribution is -2.54. The Kier molecular flexibility index (Phi) is 5.96. The Bertz CT molecular complexity index is 776. The molecule has 0 aliphatic carbocycles. The minimum atomic E-state index is -1.05. The van der Waals surface area contributed by atoms with Crippen molar-refractivity contribution < 1.29 is 23.2 Å². The Labute approximate surface area is 162 Å². The van der Waals surface area contributed by atoms with Crippen LogP contribution in [0.25, 0.3) is 0 Å². The van der Waals surface area contributed by atoms with Crippen LogP contribution in [-0.2, 0) is 9.59 Å². The molecule has 0 aromatic heterocycles. The topological polar surface area (TPSA) is 69.7 Å². The Morgan fingerprint density at radius 2 is 1.79 bits per heavy atom. The molecule has 1 aromatic rings. The van der Waals surface area contributed by atoms with Gasteiger partial charge < -0.3 is 15.1 Å². The fourth-order valence-corrected chi connectivity index (χ4v) is 3.96. The van der Waals surface area contributed by atoms with Gasteiger partial charge in [0.1, 0.15) is 6.04 Å². The number of carbonyl (C=O) groups excluding carboxylic acids is 3. The van der Waals surface area contributed by atoms with Crippen LogP contribution in [0.5, 0.6) is 0 Å². The highest BCUT2D eigenvalue weighted by atomic mass is 19.2. The Hall–Kier alpha value is -2.51. The van der Waals surface area contributed by atoms with E-state index >= 15 is 0 Å². The second-order valence-electron chi connectivity index (χ2n) is 7.67. The van der Waals surface area contributed by atoms with Crippen molar-refractivity contribution in [2.45, 2.75) is 57.7 Å². The second-order valence-corrected chi connectivity index (χ2v) is 7.67. The standard InChI is InChI=1S/C20H25F2N3O3/c1-12(2)23-19(27)17-5-6-18(26)25(17)14-7-9-24(10-8-14)20(28)13-3-4-15(21)16(22)11-13/h3-4,11-12,14,17H,5-10H2,1-2H3,(H,23,27). The van der Waals surface area contributed by atoms with Gasteiger partial charge in [0.15, 0.2) is 11.6 Å². The molecule has 1 unspecified atom stereocenters. The van der Waals surface area contributed by atoms with E-state index in [1.54, 1.807) is 9.80 Å². The summed E-state index contributed by atoms with van der Waals surface area (Å²) in [6.45, 7) is 4.54. The molecule has 0 bridgehead atoms. The maximum Gasteiger partial charge on any atom is 0.253 e. The van der Waals surface area contributed by atoms with Gasteiger partial charge in [-0.25, -0.2) is 8.78 Å². The van der Waals surface area contributed by atoms with Crippen molar-refractivity contribution in [3.8, 4) is 0 Å². The van der Waals surface area contributed by atoms with E-state index < -0.39 is 17.7 Å². The smallest absolute Gasteiger partial charge is 0.253 e. The van der Waals surface area contributed by atoms with Crippen LogP contribution in [0.1, 0.15) is 49.9 Å². The molecule has 0 spiro atoms. The van der Waals surface area contributed by atoms with E-state index in [1.807, 2.05) is 13.8 Å². The van der Waals surface area contributed by atoms with Gasteiger partial charge in [-0.3, -0.25) is 14.4 Å². The van der Waals surface area contributed by atoms with Gasteiger partial charge in [0.05, 0.1) is 0 Å².